The molecule has 130 valence electrons. The minimum absolute atomic E-state index is 0.317. The van der Waals surface area contributed by atoms with Gasteiger partial charge in [0.2, 0.25) is 0 Å². The number of pyridine rings is 1. The highest BCUT2D eigenvalue weighted by atomic mass is 32.1. The predicted molar refractivity (Wildman–Crippen MR) is 97.2 cm³/mol. The van der Waals surface area contributed by atoms with Crippen molar-refractivity contribution in [3.05, 3.63) is 66.2 Å². The maximum atomic E-state index is 12.6. The van der Waals surface area contributed by atoms with Crippen LogP contribution in [0.25, 0.3) is 17.1 Å². The summed E-state index contributed by atoms with van der Waals surface area (Å²) in [6, 6.07) is 5.44. The summed E-state index contributed by atoms with van der Waals surface area (Å²) in [5, 5.41) is 14.1. The summed E-state index contributed by atoms with van der Waals surface area (Å²) in [6.45, 7) is 0. The van der Waals surface area contributed by atoms with Gasteiger partial charge in [0, 0.05) is 11.6 Å². The maximum absolute atomic E-state index is 12.6. The summed E-state index contributed by atoms with van der Waals surface area (Å²) >= 11 is 1.24. The molecule has 4 rings (SSSR count). The van der Waals surface area contributed by atoms with Gasteiger partial charge in [-0.1, -0.05) is 0 Å². The second kappa shape index (κ2) is 7.11. The number of amides is 1. The lowest BCUT2D eigenvalue weighted by atomic mass is 10.2. The van der Waals surface area contributed by atoms with Crippen LogP contribution in [0, 0.1) is 11.3 Å². The van der Waals surface area contributed by atoms with Crippen molar-refractivity contribution in [2.24, 2.45) is 0 Å². The Balaban J connectivity index is 1.58. The Morgan fingerprint density at radius 1 is 1.22 bits per heavy atom. The molecule has 4 heterocycles. The van der Waals surface area contributed by atoms with Gasteiger partial charge < -0.3 is 0 Å². The van der Waals surface area contributed by atoms with Gasteiger partial charge in [0.15, 0.2) is 5.13 Å². The van der Waals surface area contributed by atoms with Crippen LogP contribution in [0.15, 0.2) is 55.0 Å². The largest absolute Gasteiger partial charge is 0.296 e. The molecule has 4 aromatic heterocycles. The van der Waals surface area contributed by atoms with Gasteiger partial charge >= 0.3 is 0 Å². The van der Waals surface area contributed by atoms with Crippen LogP contribution in [0.4, 0.5) is 5.13 Å². The van der Waals surface area contributed by atoms with Crippen molar-refractivity contribution in [1.82, 2.24) is 29.5 Å². The highest BCUT2D eigenvalue weighted by molar-refractivity contribution is 7.14. The number of rotatable bonds is 4. The summed E-state index contributed by atoms with van der Waals surface area (Å²) < 4.78 is 1.58. The summed E-state index contributed by atoms with van der Waals surface area (Å²) in [4.78, 5) is 33.1. The van der Waals surface area contributed by atoms with Gasteiger partial charge in [-0.2, -0.15) is 5.26 Å². The number of hydrogen-bond donors (Lipinski definition) is 1. The van der Waals surface area contributed by atoms with Crippen LogP contribution >= 0.6 is 11.3 Å². The molecule has 9 nitrogen and oxygen atoms in total. The van der Waals surface area contributed by atoms with Crippen molar-refractivity contribution in [2.45, 2.75) is 0 Å². The Morgan fingerprint density at radius 2 is 2.07 bits per heavy atom. The molecule has 0 atom stereocenters. The van der Waals surface area contributed by atoms with E-state index in [0.717, 1.165) is 0 Å². The van der Waals surface area contributed by atoms with E-state index in [-0.39, 0.29) is 5.91 Å². The lowest BCUT2D eigenvalue weighted by Crippen LogP contribution is -2.16. The molecule has 0 aliphatic carbocycles. The molecule has 0 bridgehead atoms. The first-order valence-corrected chi connectivity index (χ1v) is 8.54. The second-order valence-electron chi connectivity index (χ2n) is 5.25. The van der Waals surface area contributed by atoms with E-state index in [1.165, 1.54) is 30.2 Å². The molecule has 27 heavy (non-hydrogen) atoms. The quantitative estimate of drug-likeness (QED) is 0.581. The number of thiazole rings is 1. The van der Waals surface area contributed by atoms with Crippen LogP contribution in [0.3, 0.4) is 0 Å². The molecule has 10 heteroatoms. The lowest BCUT2D eigenvalue weighted by Gasteiger charge is -2.06. The van der Waals surface area contributed by atoms with E-state index in [1.54, 1.807) is 40.7 Å². The molecule has 0 saturated heterocycles. The van der Waals surface area contributed by atoms with Gasteiger partial charge in [0.25, 0.3) is 5.91 Å². The summed E-state index contributed by atoms with van der Waals surface area (Å²) in [7, 11) is 0. The molecule has 0 fully saturated rings. The number of anilines is 1. The van der Waals surface area contributed by atoms with Crippen molar-refractivity contribution >= 4 is 22.4 Å². The Bertz CT molecular complexity index is 1140. The van der Waals surface area contributed by atoms with Gasteiger partial charge in [-0.05, 0) is 12.1 Å². The number of imidazole rings is 1. The van der Waals surface area contributed by atoms with Crippen LogP contribution < -0.4 is 5.32 Å². The number of hydrogen-bond acceptors (Lipinski definition) is 8. The van der Waals surface area contributed by atoms with Gasteiger partial charge in [0.1, 0.15) is 29.5 Å². The van der Waals surface area contributed by atoms with Gasteiger partial charge in [0.05, 0.1) is 36.2 Å². The van der Waals surface area contributed by atoms with E-state index in [0.29, 0.717) is 33.5 Å². The number of nitrogens with one attached hydrogen (secondary N) is 1. The smallest absolute Gasteiger partial charge is 0.276 e. The fraction of sp³-hybridized carbons (Fsp3) is 0. The summed E-state index contributed by atoms with van der Waals surface area (Å²) in [6.07, 6.45) is 9.12. The first-order valence-electron chi connectivity index (χ1n) is 7.66. The minimum Gasteiger partial charge on any atom is -0.296 e. The number of carbonyl (C=O) groups is 1. The molecule has 0 aromatic carbocycles. The Hall–Kier alpha value is -3.97. The molecular weight excluding hydrogens is 364 g/mol. The van der Waals surface area contributed by atoms with E-state index in [2.05, 4.69) is 36.3 Å². The van der Waals surface area contributed by atoms with E-state index in [4.69, 9.17) is 0 Å². The average Bonchev–Trinajstić information content (AvgIpc) is 3.38. The number of aromatic nitrogens is 6. The topological polar surface area (TPSA) is 122 Å². The Kier molecular flexibility index (Phi) is 4.34. The molecule has 0 unspecified atom stereocenters. The maximum Gasteiger partial charge on any atom is 0.276 e. The van der Waals surface area contributed by atoms with Crippen molar-refractivity contribution in [3.63, 3.8) is 0 Å². The molecule has 1 N–H and O–H groups in total. The molecule has 0 aliphatic rings. The normalized spacial score (nSPS) is 10.3. The number of nitriles is 1. The lowest BCUT2D eigenvalue weighted by molar-refractivity contribution is 0.102. The van der Waals surface area contributed by atoms with Crippen LogP contribution in [-0.2, 0) is 0 Å². The van der Waals surface area contributed by atoms with E-state index >= 15 is 0 Å². The van der Waals surface area contributed by atoms with E-state index in [9.17, 15) is 10.1 Å². The molecule has 1 amide bonds. The number of nitrogens with zero attached hydrogens (tertiary/aromatic N) is 7. The average molecular weight is 374 g/mol. The molecule has 4 aromatic rings. The van der Waals surface area contributed by atoms with E-state index < -0.39 is 0 Å². The van der Waals surface area contributed by atoms with Crippen molar-refractivity contribution < 1.29 is 4.79 Å². The van der Waals surface area contributed by atoms with Gasteiger partial charge in [-0.3, -0.25) is 19.7 Å². The fourth-order valence-electron chi connectivity index (χ4n) is 2.39. The van der Waals surface area contributed by atoms with Crippen LogP contribution in [-0.4, -0.2) is 35.4 Å². The number of carbonyl (C=O) groups excluding carboxylic acids is 1. The Labute approximate surface area is 157 Å². The van der Waals surface area contributed by atoms with Crippen molar-refractivity contribution in [2.75, 3.05) is 5.32 Å². The standard InChI is InChI=1S/C17H10N8OS/c18-4-11-2-1-3-22-15(11)13-8-27-17(23-13)24-16(26)14-7-21-10-25(14)12-5-19-9-20-6-12/h1-3,5-10H,(H,23,24,26). The summed E-state index contributed by atoms with van der Waals surface area (Å²) in [5.41, 5.74) is 2.35. The third-order valence-electron chi connectivity index (χ3n) is 3.59. The molecular formula is C17H10N8OS. The molecule has 0 aliphatic heterocycles. The minimum atomic E-state index is -0.376. The highest BCUT2D eigenvalue weighted by Gasteiger charge is 2.16. The van der Waals surface area contributed by atoms with Crippen LogP contribution in [0.2, 0.25) is 0 Å². The predicted octanol–water partition coefficient (Wildman–Crippen LogP) is 2.30. The third kappa shape index (κ3) is 3.26. The van der Waals surface area contributed by atoms with Crippen LogP contribution in [0.5, 0.6) is 0 Å². The first kappa shape index (κ1) is 16.5. The highest BCUT2D eigenvalue weighted by Crippen LogP contribution is 2.26. The van der Waals surface area contributed by atoms with Gasteiger partial charge in [-0.15, -0.1) is 11.3 Å². The molecule has 0 saturated carbocycles. The monoisotopic (exact) mass is 374 g/mol. The zero-order valence-electron chi connectivity index (χ0n) is 13.6. The SMILES string of the molecule is N#Cc1cccnc1-c1csc(NC(=O)c2cncn2-c2cncnc2)n1. The van der Waals surface area contributed by atoms with Crippen molar-refractivity contribution in [1.29, 1.82) is 5.26 Å². The zero-order chi connectivity index (χ0) is 18.6. The van der Waals surface area contributed by atoms with E-state index in [1.807, 2.05) is 0 Å². The van der Waals surface area contributed by atoms with Gasteiger partial charge in [-0.25, -0.2) is 19.9 Å². The van der Waals surface area contributed by atoms with Crippen molar-refractivity contribution in [3.8, 4) is 23.1 Å². The zero-order valence-corrected chi connectivity index (χ0v) is 14.5. The fourth-order valence-corrected chi connectivity index (χ4v) is 3.08. The summed E-state index contributed by atoms with van der Waals surface area (Å²) in [5.74, 6) is -0.376. The third-order valence-corrected chi connectivity index (χ3v) is 4.35. The molecule has 0 spiro atoms. The first-order chi connectivity index (χ1) is 13.3. The second-order valence-corrected chi connectivity index (χ2v) is 6.11. The molecule has 0 radical (unpaired) electrons. The Morgan fingerprint density at radius 3 is 2.89 bits per heavy atom. The van der Waals surface area contributed by atoms with Crippen LogP contribution in [0.1, 0.15) is 16.1 Å².